The molecule has 35 heavy (non-hydrogen) atoms. The van der Waals surface area contributed by atoms with Crippen molar-refractivity contribution in [3.8, 4) is 11.5 Å². The minimum absolute atomic E-state index is 0.0786. The van der Waals surface area contributed by atoms with Crippen LogP contribution in [-0.4, -0.2) is 24.7 Å². The van der Waals surface area contributed by atoms with Gasteiger partial charge in [-0.3, -0.25) is 4.79 Å². The number of aromatic nitrogens is 1. The fourth-order valence-electron chi connectivity index (χ4n) is 4.88. The number of nitrogens with one attached hydrogen (secondary N) is 2. The predicted molar refractivity (Wildman–Crippen MR) is 138 cm³/mol. The van der Waals surface area contributed by atoms with E-state index in [1.165, 1.54) is 5.56 Å². The monoisotopic (exact) mass is 465 g/mol. The summed E-state index contributed by atoms with van der Waals surface area (Å²) in [5, 5.41) is 3.51. The zero-order chi connectivity index (χ0) is 23.6. The van der Waals surface area contributed by atoms with Crippen molar-refractivity contribution >= 4 is 11.4 Å². The lowest BCUT2D eigenvalue weighted by molar-refractivity contribution is 0.0383. The van der Waals surface area contributed by atoms with Gasteiger partial charge >= 0.3 is 0 Å². The van der Waals surface area contributed by atoms with Crippen LogP contribution in [0.4, 0.5) is 11.4 Å². The van der Waals surface area contributed by atoms with Crippen molar-refractivity contribution in [1.82, 2.24) is 4.98 Å². The highest BCUT2D eigenvalue weighted by Crippen LogP contribution is 2.43. The lowest BCUT2D eigenvalue weighted by Gasteiger charge is -2.35. The lowest BCUT2D eigenvalue weighted by Crippen LogP contribution is -2.41. The van der Waals surface area contributed by atoms with E-state index in [1.54, 1.807) is 6.20 Å². The Morgan fingerprint density at radius 2 is 1.89 bits per heavy atom. The van der Waals surface area contributed by atoms with Gasteiger partial charge in [0.15, 0.2) is 0 Å². The van der Waals surface area contributed by atoms with Crippen molar-refractivity contribution in [2.75, 3.05) is 29.9 Å². The molecule has 6 nitrogen and oxygen atoms in total. The van der Waals surface area contributed by atoms with Crippen LogP contribution in [0.1, 0.15) is 28.4 Å². The Labute approximate surface area is 204 Å². The molecule has 176 valence electrons. The van der Waals surface area contributed by atoms with Gasteiger partial charge in [-0.1, -0.05) is 48.5 Å². The van der Waals surface area contributed by atoms with Gasteiger partial charge in [0.05, 0.1) is 6.61 Å². The minimum Gasteiger partial charge on any atom is -0.456 e. The fourth-order valence-corrected chi connectivity index (χ4v) is 4.88. The van der Waals surface area contributed by atoms with Crippen LogP contribution in [-0.2, 0) is 17.7 Å². The Morgan fingerprint density at radius 1 is 0.971 bits per heavy atom. The second-order valence-electron chi connectivity index (χ2n) is 8.97. The number of hydrogen-bond donors (Lipinski definition) is 2. The number of pyridine rings is 1. The largest absolute Gasteiger partial charge is 0.456 e. The molecule has 6 rings (SSSR count). The summed E-state index contributed by atoms with van der Waals surface area (Å²) < 4.78 is 12.6. The summed E-state index contributed by atoms with van der Waals surface area (Å²) in [6, 6.07) is 26.6. The first kappa shape index (κ1) is 21.5. The summed E-state index contributed by atoms with van der Waals surface area (Å²) >= 11 is 0. The van der Waals surface area contributed by atoms with E-state index in [0.29, 0.717) is 25.4 Å². The molecule has 1 atom stereocenters. The third-order valence-electron chi connectivity index (χ3n) is 6.67. The zero-order valence-corrected chi connectivity index (χ0v) is 19.4. The smallest absolute Gasteiger partial charge is 0.271 e. The maximum absolute atomic E-state index is 12.3. The van der Waals surface area contributed by atoms with Gasteiger partial charge in [-0.2, -0.15) is 0 Å². The first-order chi connectivity index (χ1) is 17.2. The molecule has 6 heteroatoms. The van der Waals surface area contributed by atoms with Gasteiger partial charge in [0.25, 0.3) is 5.56 Å². The Kier molecular flexibility index (Phi) is 5.72. The van der Waals surface area contributed by atoms with Crippen molar-refractivity contribution in [3.63, 3.8) is 0 Å². The maximum Gasteiger partial charge on any atom is 0.271 e. The number of morpholine rings is 1. The Morgan fingerprint density at radius 3 is 2.77 bits per heavy atom. The van der Waals surface area contributed by atoms with Crippen molar-refractivity contribution in [2.45, 2.75) is 19.1 Å². The molecule has 1 unspecified atom stereocenters. The van der Waals surface area contributed by atoms with E-state index in [1.807, 2.05) is 24.3 Å². The highest BCUT2D eigenvalue weighted by molar-refractivity contribution is 5.59. The number of aromatic amines is 1. The standard InChI is InChI=1S/C29H27N3O3/c33-29-25(10-5-13-30-29)32-14-15-34-27(19-32)24-9-4-8-21-16-22-17-23(11-12-26(22)35-28(21)24)31-18-20-6-2-1-3-7-20/h1-13,17,27,31H,14-16,18-19H2,(H,30,33). The van der Waals surface area contributed by atoms with E-state index in [0.717, 1.165) is 46.8 Å². The fraction of sp³-hybridized carbons (Fsp3) is 0.207. The number of para-hydroxylation sites is 1. The average Bonchev–Trinajstić information content (AvgIpc) is 2.91. The van der Waals surface area contributed by atoms with E-state index in [2.05, 4.69) is 69.8 Å². The van der Waals surface area contributed by atoms with E-state index in [4.69, 9.17) is 9.47 Å². The summed E-state index contributed by atoms with van der Waals surface area (Å²) in [6.45, 7) is 2.61. The van der Waals surface area contributed by atoms with Crippen LogP contribution in [0.5, 0.6) is 11.5 Å². The second kappa shape index (κ2) is 9.31. The van der Waals surface area contributed by atoms with Gasteiger partial charge in [0, 0.05) is 49.1 Å². The number of fused-ring (bicyclic) bond motifs is 2. The number of benzene rings is 3. The zero-order valence-electron chi connectivity index (χ0n) is 19.4. The normalized spacial score (nSPS) is 16.7. The Bertz CT molecular complexity index is 1400. The summed E-state index contributed by atoms with van der Waals surface area (Å²) in [7, 11) is 0. The van der Waals surface area contributed by atoms with Crippen molar-refractivity contribution in [3.05, 3.63) is 118 Å². The van der Waals surface area contributed by atoms with E-state index >= 15 is 0 Å². The average molecular weight is 466 g/mol. The quantitative estimate of drug-likeness (QED) is 0.371. The van der Waals surface area contributed by atoms with Crippen LogP contribution in [0.3, 0.4) is 0 Å². The molecule has 2 N–H and O–H groups in total. The van der Waals surface area contributed by atoms with Crippen LogP contribution >= 0.6 is 0 Å². The molecule has 0 amide bonds. The third-order valence-corrected chi connectivity index (χ3v) is 6.67. The summed E-state index contributed by atoms with van der Waals surface area (Å²) in [4.78, 5) is 17.2. The number of hydrogen-bond acceptors (Lipinski definition) is 5. The van der Waals surface area contributed by atoms with Crippen molar-refractivity contribution < 1.29 is 9.47 Å². The first-order valence-electron chi connectivity index (χ1n) is 12.0. The van der Waals surface area contributed by atoms with Crippen LogP contribution in [0.2, 0.25) is 0 Å². The highest BCUT2D eigenvalue weighted by Gasteiger charge is 2.29. The van der Waals surface area contributed by atoms with E-state index in [9.17, 15) is 4.79 Å². The molecular formula is C29H27N3O3. The van der Waals surface area contributed by atoms with Crippen LogP contribution in [0, 0.1) is 0 Å². The molecule has 4 aromatic rings. The van der Waals surface area contributed by atoms with E-state index < -0.39 is 0 Å². The highest BCUT2D eigenvalue weighted by atomic mass is 16.5. The van der Waals surface area contributed by atoms with Gasteiger partial charge in [-0.05, 0) is 41.5 Å². The summed E-state index contributed by atoms with van der Waals surface area (Å²) in [5.41, 5.74) is 6.25. The number of anilines is 2. The molecule has 0 aliphatic carbocycles. The van der Waals surface area contributed by atoms with Gasteiger partial charge in [0.1, 0.15) is 23.3 Å². The molecule has 1 aromatic heterocycles. The molecule has 3 aromatic carbocycles. The van der Waals surface area contributed by atoms with E-state index in [-0.39, 0.29) is 11.7 Å². The van der Waals surface area contributed by atoms with Gasteiger partial charge < -0.3 is 24.7 Å². The number of nitrogens with zero attached hydrogens (tertiary/aromatic N) is 1. The molecule has 1 fully saturated rings. The number of ether oxygens (including phenoxy) is 2. The SMILES string of the molecule is O=c1[nH]cccc1N1CCOC(c2cccc3c2Oc2ccc(NCc4ccccc4)cc2C3)C1. The molecular weight excluding hydrogens is 438 g/mol. The summed E-state index contributed by atoms with van der Waals surface area (Å²) in [6.07, 6.45) is 2.28. The predicted octanol–water partition coefficient (Wildman–Crippen LogP) is 5.26. The van der Waals surface area contributed by atoms with Crippen LogP contribution < -0.4 is 20.5 Å². The first-order valence-corrected chi connectivity index (χ1v) is 12.0. The Balaban J connectivity index is 1.22. The van der Waals surface area contributed by atoms with Gasteiger partial charge in [-0.15, -0.1) is 0 Å². The van der Waals surface area contributed by atoms with Gasteiger partial charge in [0.2, 0.25) is 0 Å². The molecule has 3 heterocycles. The van der Waals surface area contributed by atoms with Crippen LogP contribution in [0.15, 0.2) is 89.9 Å². The van der Waals surface area contributed by atoms with Crippen LogP contribution in [0.25, 0.3) is 0 Å². The number of rotatable bonds is 5. The van der Waals surface area contributed by atoms with Crippen molar-refractivity contribution in [2.24, 2.45) is 0 Å². The molecule has 2 aliphatic heterocycles. The third kappa shape index (κ3) is 4.40. The molecule has 0 saturated carbocycles. The summed E-state index contributed by atoms with van der Waals surface area (Å²) in [5.74, 6) is 1.75. The topological polar surface area (TPSA) is 66.6 Å². The lowest BCUT2D eigenvalue weighted by atomic mass is 9.95. The molecule has 1 saturated heterocycles. The second-order valence-corrected chi connectivity index (χ2v) is 8.97. The molecule has 0 spiro atoms. The van der Waals surface area contributed by atoms with Gasteiger partial charge in [-0.25, -0.2) is 0 Å². The molecule has 0 bridgehead atoms. The van der Waals surface area contributed by atoms with Crippen molar-refractivity contribution in [1.29, 1.82) is 0 Å². The Hall–Kier alpha value is -4.03. The molecule has 0 radical (unpaired) electrons. The minimum atomic E-state index is -0.174. The maximum atomic E-state index is 12.3. The number of H-pyrrole nitrogens is 1. The molecule has 2 aliphatic rings.